The Balaban J connectivity index is 1.32. The number of aryl methyl sites for hydroxylation is 1. The number of amides is 1. The van der Waals surface area contributed by atoms with Gasteiger partial charge in [-0.1, -0.05) is 96.2 Å². The quantitative estimate of drug-likeness (QED) is 0.116. The molecule has 5 aromatic rings. The second kappa shape index (κ2) is 14.7. The number of ether oxygens (including phenoxy) is 1. The van der Waals surface area contributed by atoms with Crippen molar-refractivity contribution in [2.75, 3.05) is 17.8 Å². The van der Waals surface area contributed by atoms with Gasteiger partial charge in [-0.25, -0.2) is 4.99 Å². The van der Waals surface area contributed by atoms with Gasteiger partial charge in [0.1, 0.15) is 11.4 Å². The standard InChI is InChI=1S/C40H33N3O4S/c1-27-8-14-31(15-9-27)36(30-6-4-3-5-7-30)24-28-10-16-32(17-11-28)43(34-20-22-35(47-2)23-21-34)33-18-12-29(13-19-33)25-37-39(46)42-40(41-37)48-26-38(44)45/h3-25H,26H2,1-2H3,(H,44,45)(H,41,42,46)/b36-24+,37-25-. The van der Waals surface area contributed by atoms with Crippen molar-refractivity contribution >= 4 is 63.6 Å². The normalized spacial score (nSPS) is 13.6. The van der Waals surface area contributed by atoms with Crippen LogP contribution in [0.3, 0.4) is 0 Å². The summed E-state index contributed by atoms with van der Waals surface area (Å²) < 4.78 is 5.41. The van der Waals surface area contributed by atoms with Crippen LogP contribution >= 0.6 is 11.8 Å². The fourth-order valence-corrected chi connectivity index (χ4v) is 5.86. The van der Waals surface area contributed by atoms with E-state index >= 15 is 0 Å². The molecule has 2 N–H and O–H groups in total. The van der Waals surface area contributed by atoms with Crippen molar-refractivity contribution in [2.45, 2.75) is 6.92 Å². The number of anilines is 3. The Kier molecular flexibility index (Phi) is 9.83. The van der Waals surface area contributed by atoms with Gasteiger partial charge in [-0.15, -0.1) is 0 Å². The summed E-state index contributed by atoms with van der Waals surface area (Å²) in [5.41, 5.74) is 9.61. The highest BCUT2D eigenvalue weighted by Crippen LogP contribution is 2.36. The number of nitrogens with zero attached hydrogens (tertiary/aromatic N) is 2. The van der Waals surface area contributed by atoms with E-state index in [2.05, 4.69) is 101 Å². The lowest BCUT2D eigenvalue weighted by atomic mass is 9.95. The van der Waals surface area contributed by atoms with E-state index in [4.69, 9.17) is 9.84 Å². The Morgan fingerprint density at radius 3 is 1.94 bits per heavy atom. The SMILES string of the molecule is COc1ccc(N(c2ccc(/C=C3\N=C(SCC(=O)O)NC3=O)cc2)c2ccc(/C=C(\c3ccccc3)c3ccc(C)cc3)cc2)cc1. The van der Waals surface area contributed by atoms with Gasteiger partial charge in [0, 0.05) is 17.1 Å². The van der Waals surface area contributed by atoms with E-state index in [0.29, 0.717) is 0 Å². The van der Waals surface area contributed by atoms with E-state index in [1.165, 1.54) is 5.56 Å². The molecule has 1 aliphatic heterocycles. The molecule has 0 spiro atoms. The van der Waals surface area contributed by atoms with Gasteiger partial charge in [-0.3, -0.25) is 14.9 Å². The molecule has 8 heteroatoms. The Morgan fingerprint density at radius 2 is 1.35 bits per heavy atom. The van der Waals surface area contributed by atoms with Crippen LogP contribution in [0.4, 0.5) is 17.1 Å². The lowest BCUT2D eigenvalue weighted by Gasteiger charge is -2.26. The number of aliphatic imine (C=N–C) groups is 1. The van der Waals surface area contributed by atoms with Crippen LogP contribution in [0.2, 0.25) is 0 Å². The number of carboxylic acids is 1. The lowest BCUT2D eigenvalue weighted by molar-refractivity contribution is -0.133. The van der Waals surface area contributed by atoms with E-state index < -0.39 is 5.97 Å². The zero-order chi connectivity index (χ0) is 33.5. The average molecular weight is 652 g/mol. The van der Waals surface area contributed by atoms with Gasteiger partial charge >= 0.3 is 5.97 Å². The maximum atomic E-state index is 12.4. The molecule has 0 fully saturated rings. The second-order valence-electron chi connectivity index (χ2n) is 11.1. The van der Waals surface area contributed by atoms with E-state index in [1.807, 2.05) is 54.6 Å². The Bertz CT molecular complexity index is 2000. The third kappa shape index (κ3) is 7.74. The van der Waals surface area contributed by atoms with Crippen molar-refractivity contribution < 1.29 is 19.4 Å². The minimum absolute atomic E-state index is 0.180. The van der Waals surface area contributed by atoms with Crippen molar-refractivity contribution in [1.82, 2.24) is 5.32 Å². The highest BCUT2D eigenvalue weighted by Gasteiger charge is 2.21. The van der Waals surface area contributed by atoms with Gasteiger partial charge < -0.3 is 14.7 Å². The Hall–Kier alpha value is -5.86. The molecule has 0 saturated heterocycles. The summed E-state index contributed by atoms with van der Waals surface area (Å²) in [6.07, 6.45) is 3.90. The number of aliphatic carboxylic acids is 1. The predicted octanol–water partition coefficient (Wildman–Crippen LogP) is 8.71. The molecule has 6 rings (SSSR count). The molecular formula is C40H33N3O4S. The molecule has 48 heavy (non-hydrogen) atoms. The molecule has 0 radical (unpaired) electrons. The van der Waals surface area contributed by atoms with Crippen molar-refractivity contribution in [3.05, 3.63) is 161 Å². The van der Waals surface area contributed by atoms with Crippen LogP contribution in [0, 0.1) is 6.92 Å². The fraction of sp³-hybridized carbons (Fsp3) is 0.0750. The molecule has 1 heterocycles. The van der Waals surface area contributed by atoms with Gasteiger partial charge in [-0.05, 0) is 95.4 Å². The Morgan fingerprint density at radius 1 is 0.792 bits per heavy atom. The summed E-state index contributed by atoms with van der Waals surface area (Å²) in [5, 5.41) is 11.8. The molecule has 0 bridgehead atoms. The van der Waals surface area contributed by atoms with Gasteiger partial charge in [0.25, 0.3) is 5.91 Å². The summed E-state index contributed by atoms with van der Waals surface area (Å²) in [6.45, 7) is 2.09. The average Bonchev–Trinajstić information content (AvgIpc) is 3.47. The van der Waals surface area contributed by atoms with Gasteiger partial charge in [0.15, 0.2) is 5.17 Å². The maximum Gasteiger partial charge on any atom is 0.313 e. The van der Waals surface area contributed by atoms with Crippen LogP contribution in [-0.4, -0.2) is 35.0 Å². The number of thioether (sulfide) groups is 1. The summed E-state index contributed by atoms with van der Waals surface area (Å²) >= 11 is 0.975. The van der Waals surface area contributed by atoms with Crippen LogP contribution in [0.15, 0.2) is 138 Å². The number of carbonyl (C=O) groups excluding carboxylic acids is 1. The molecule has 5 aromatic carbocycles. The van der Waals surface area contributed by atoms with Crippen molar-refractivity contribution in [1.29, 1.82) is 0 Å². The minimum atomic E-state index is -0.975. The molecule has 0 aromatic heterocycles. The highest BCUT2D eigenvalue weighted by atomic mass is 32.2. The molecular weight excluding hydrogens is 619 g/mol. The van der Waals surface area contributed by atoms with Gasteiger partial charge in [0.2, 0.25) is 0 Å². The van der Waals surface area contributed by atoms with E-state index in [9.17, 15) is 9.59 Å². The fourth-order valence-electron chi connectivity index (χ4n) is 5.27. The summed E-state index contributed by atoms with van der Waals surface area (Å²) in [4.78, 5) is 29.7. The molecule has 0 saturated carbocycles. The topological polar surface area (TPSA) is 91.2 Å². The first-order valence-corrected chi connectivity index (χ1v) is 16.3. The highest BCUT2D eigenvalue weighted by molar-refractivity contribution is 8.14. The molecule has 1 aliphatic rings. The second-order valence-corrected chi connectivity index (χ2v) is 12.1. The van der Waals surface area contributed by atoms with Crippen molar-refractivity contribution in [3.8, 4) is 5.75 Å². The van der Waals surface area contributed by atoms with Crippen LogP contribution in [0.25, 0.3) is 17.7 Å². The molecule has 0 atom stereocenters. The van der Waals surface area contributed by atoms with Crippen molar-refractivity contribution in [3.63, 3.8) is 0 Å². The van der Waals surface area contributed by atoms with E-state index in [0.717, 1.165) is 62.4 Å². The van der Waals surface area contributed by atoms with E-state index in [-0.39, 0.29) is 22.5 Å². The lowest BCUT2D eigenvalue weighted by Crippen LogP contribution is -2.22. The van der Waals surface area contributed by atoms with Gasteiger partial charge in [0.05, 0.1) is 12.9 Å². The smallest absolute Gasteiger partial charge is 0.313 e. The predicted molar refractivity (Wildman–Crippen MR) is 196 cm³/mol. The molecule has 238 valence electrons. The number of nitrogens with one attached hydrogen (secondary N) is 1. The third-order valence-corrected chi connectivity index (χ3v) is 8.56. The number of benzene rings is 5. The Labute approximate surface area is 283 Å². The molecule has 0 aliphatic carbocycles. The number of hydrogen-bond donors (Lipinski definition) is 2. The first-order chi connectivity index (χ1) is 23.4. The molecule has 1 amide bonds. The number of carboxylic acid groups (broad SMARTS) is 1. The maximum absolute atomic E-state index is 12.4. The van der Waals surface area contributed by atoms with Crippen molar-refractivity contribution in [2.24, 2.45) is 4.99 Å². The number of hydrogen-bond acceptors (Lipinski definition) is 6. The zero-order valence-corrected chi connectivity index (χ0v) is 27.3. The number of rotatable bonds is 10. The largest absolute Gasteiger partial charge is 0.497 e. The summed E-state index contributed by atoms with van der Waals surface area (Å²) in [5.74, 6) is -0.752. The minimum Gasteiger partial charge on any atom is -0.497 e. The zero-order valence-electron chi connectivity index (χ0n) is 26.5. The van der Waals surface area contributed by atoms with Crippen LogP contribution < -0.4 is 15.0 Å². The van der Waals surface area contributed by atoms with Gasteiger partial charge in [-0.2, -0.15) is 0 Å². The summed E-state index contributed by atoms with van der Waals surface area (Å²) in [7, 11) is 1.65. The third-order valence-electron chi connectivity index (χ3n) is 7.70. The van der Waals surface area contributed by atoms with Crippen LogP contribution in [-0.2, 0) is 9.59 Å². The number of methoxy groups -OCH3 is 1. The number of carbonyl (C=O) groups is 2. The first-order valence-electron chi connectivity index (χ1n) is 15.3. The van der Waals surface area contributed by atoms with Crippen LogP contribution in [0.1, 0.15) is 27.8 Å². The summed E-state index contributed by atoms with van der Waals surface area (Å²) in [6, 6.07) is 43.2. The van der Waals surface area contributed by atoms with E-state index in [1.54, 1.807) is 13.2 Å². The number of amidine groups is 1. The first kappa shape index (κ1) is 32.1. The van der Waals surface area contributed by atoms with Crippen LogP contribution in [0.5, 0.6) is 5.75 Å². The molecule has 7 nitrogen and oxygen atoms in total. The monoisotopic (exact) mass is 651 g/mol. The molecule has 0 unspecified atom stereocenters.